The van der Waals surface area contributed by atoms with Gasteiger partial charge in [0.05, 0.1) is 12.3 Å². The molecule has 0 aromatic carbocycles. The fourth-order valence-corrected chi connectivity index (χ4v) is 1.87. The van der Waals surface area contributed by atoms with Crippen molar-refractivity contribution in [1.82, 2.24) is 15.6 Å². The number of carbonyl (C=O) groups is 1. The van der Waals surface area contributed by atoms with Crippen molar-refractivity contribution in [3.63, 3.8) is 0 Å². The number of aromatic nitrogens is 1. The van der Waals surface area contributed by atoms with Gasteiger partial charge in [-0.2, -0.15) is 0 Å². The number of pyridine rings is 1. The van der Waals surface area contributed by atoms with E-state index in [1.165, 1.54) is 6.08 Å². The fourth-order valence-electron chi connectivity index (χ4n) is 1.87. The fraction of sp³-hybridized carbons (Fsp3) is 0.400. The first-order valence-electron chi connectivity index (χ1n) is 7.09. The molecule has 0 saturated carbocycles. The minimum Gasteiger partial charge on any atom is -0.394 e. The van der Waals surface area contributed by atoms with Crippen molar-refractivity contribution in [3.8, 4) is 0 Å². The standard InChI is InChI=1S/C15H20N4O2/c20-15(4-3-13-2-1-7-17-12-13)18-10-11-21-19-14-5-8-16-9-6-14/h1-4,7,12,16H,5-6,8-11H2,(H,18,20)/b4-3+. The van der Waals surface area contributed by atoms with Crippen LogP contribution >= 0.6 is 0 Å². The van der Waals surface area contributed by atoms with Crippen molar-refractivity contribution in [2.24, 2.45) is 5.16 Å². The molecule has 1 aliphatic rings. The van der Waals surface area contributed by atoms with E-state index in [0.717, 1.165) is 37.2 Å². The summed E-state index contributed by atoms with van der Waals surface area (Å²) in [6.45, 7) is 2.73. The molecule has 0 unspecified atom stereocenters. The average Bonchev–Trinajstić information content (AvgIpc) is 2.54. The lowest BCUT2D eigenvalue weighted by Crippen LogP contribution is -2.28. The van der Waals surface area contributed by atoms with Crippen LogP contribution < -0.4 is 10.6 Å². The molecular formula is C15H20N4O2. The Balaban J connectivity index is 1.60. The SMILES string of the molecule is O=C(/C=C/c1cccnc1)NCCON=C1CCNCC1. The Hall–Kier alpha value is -2.21. The molecule has 0 spiro atoms. The van der Waals surface area contributed by atoms with Crippen LogP contribution in [0, 0.1) is 0 Å². The number of hydrogen-bond acceptors (Lipinski definition) is 5. The molecule has 21 heavy (non-hydrogen) atoms. The Morgan fingerprint density at radius 3 is 3.10 bits per heavy atom. The van der Waals surface area contributed by atoms with E-state index in [0.29, 0.717) is 13.2 Å². The van der Waals surface area contributed by atoms with Crippen molar-refractivity contribution in [2.75, 3.05) is 26.2 Å². The molecule has 1 amide bonds. The van der Waals surface area contributed by atoms with E-state index in [1.54, 1.807) is 18.5 Å². The van der Waals surface area contributed by atoms with Gasteiger partial charge in [0.25, 0.3) is 0 Å². The molecule has 0 aliphatic carbocycles. The van der Waals surface area contributed by atoms with Crippen LogP contribution in [0.25, 0.3) is 6.08 Å². The Kier molecular flexibility index (Phi) is 6.41. The maximum absolute atomic E-state index is 11.6. The van der Waals surface area contributed by atoms with Crippen molar-refractivity contribution >= 4 is 17.7 Å². The van der Waals surface area contributed by atoms with Crippen LogP contribution in [0.15, 0.2) is 35.8 Å². The van der Waals surface area contributed by atoms with E-state index in [9.17, 15) is 4.79 Å². The molecule has 2 heterocycles. The minimum absolute atomic E-state index is 0.156. The predicted molar refractivity (Wildman–Crippen MR) is 81.8 cm³/mol. The first-order chi connectivity index (χ1) is 10.3. The van der Waals surface area contributed by atoms with E-state index in [-0.39, 0.29) is 5.91 Å². The molecule has 1 saturated heterocycles. The van der Waals surface area contributed by atoms with Gasteiger partial charge in [-0.3, -0.25) is 9.78 Å². The highest BCUT2D eigenvalue weighted by atomic mass is 16.6. The average molecular weight is 288 g/mol. The van der Waals surface area contributed by atoms with Gasteiger partial charge in [0.15, 0.2) is 0 Å². The summed E-state index contributed by atoms with van der Waals surface area (Å²) in [6.07, 6.45) is 8.45. The Morgan fingerprint density at radius 1 is 1.48 bits per heavy atom. The van der Waals surface area contributed by atoms with Crippen LogP contribution in [0.4, 0.5) is 0 Å². The Labute approximate surface area is 124 Å². The second kappa shape index (κ2) is 8.86. The second-order valence-electron chi connectivity index (χ2n) is 4.65. The van der Waals surface area contributed by atoms with Crippen LogP contribution in [-0.4, -0.2) is 42.8 Å². The van der Waals surface area contributed by atoms with E-state index >= 15 is 0 Å². The van der Waals surface area contributed by atoms with Gasteiger partial charge in [0.1, 0.15) is 6.61 Å². The van der Waals surface area contributed by atoms with Crippen LogP contribution in [-0.2, 0) is 9.63 Å². The van der Waals surface area contributed by atoms with Gasteiger partial charge < -0.3 is 15.5 Å². The van der Waals surface area contributed by atoms with Crippen LogP contribution in [0.1, 0.15) is 18.4 Å². The third-order valence-electron chi connectivity index (χ3n) is 2.98. The van der Waals surface area contributed by atoms with Crippen LogP contribution in [0.5, 0.6) is 0 Å². The molecule has 0 bridgehead atoms. The lowest BCUT2D eigenvalue weighted by molar-refractivity contribution is -0.116. The van der Waals surface area contributed by atoms with E-state index < -0.39 is 0 Å². The van der Waals surface area contributed by atoms with Gasteiger partial charge in [-0.1, -0.05) is 11.2 Å². The van der Waals surface area contributed by atoms with Crippen molar-refractivity contribution in [2.45, 2.75) is 12.8 Å². The zero-order valence-electron chi connectivity index (χ0n) is 11.9. The van der Waals surface area contributed by atoms with Crippen LogP contribution in [0.3, 0.4) is 0 Å². The third kappa shape index (κ3) is 6.18. The highest BCUT2D eigenvalue weighted by molar-refractivity contribution is 5.91. The molecule has 1 fully saturated rings. The largest absolute Gasteiger partial charge is 0.394 e. The summed E-state index contributed by atoms with van der Waals surface area (Å²) in [6, 6.07) is 3.71. The number of amides is 1. The van der Waals surface area contributed by atoms with E-state index in [1.807, 2.05) is 12.1 Å². The number of nitrogens with zero attached hydrogens (tertiary/aromatic N) is 2. The summed E-state index contributed by atoms with van der Waals surface area (Å²) in [5.41, 5.74) is 1.97. The maximum Gasteiger partial charge on any atom is 0.244 e. The molecule has 6 heteroatoms. The van der Waals surface area contributed by atoms with Crippen molar-refractivity contribution in [3.05, 3.63) is 36.2 Å². The first kappa shape index (κ1) is 15.2. The molecule has 0 atom stereocenters. The normalized spacial score (nSPS) is 15.0. The number of carbonyl (C=O) groups excluding carboxylic acids is 1. The summed E-state index contributed by atoms with van der Waals surface area (Å²) < 4.78 is 0. The highest BCUT2D eigenvalue weighted by Crippen LogP contribution is 1.99. The zero-order chi connectivity index (χ0) is 14.8. The van der Waals surface area contributed by atoms with Gasteiger partial charge in [-0.25, -0.2) is 0 Å². The third-order valence-corrected chi connectivity index (χ3v) is 2.98. The molecule has 1 aliphatic heterocycles. The predicted octanol–water partition coefficient (Wildman–Crippen LogP) is 0.967. The van der Waals surface area contributed by atoms with Gasteiger partial charge in [0, 0.05) is 44.4 Å². The summed E-state index contributed by atoms with van der Waals surface area (Å²) >= 11 is 0. The number of oxime groups is 1. The molecule has 2 rings (SSSR count). The molecule has 6 nitrogen and oxygen atoms in total. The Morgan fingerprint density at radius 2 is 2.33 bits per heavy atom. The molecule has 1 aromatic heterocycles. The lowest BCUT2D eigenvalue weighted by atomic mass is 10.1. The molecule has 112 valence electrons. The quantitative estimate of drug-likeness (QED) is 0.464. The monoisotopic (exact) mass is 288 g/mol. The summed E-state index contributed by atoms with van der Waals surface area (Å²) in [5, 5.41) is 10.1. The number of hydrogen-bond donors (Lipinski definition) is 2. The smallest absolute Gasteiger partial charge is 0.244 e. The first-order valence-corrected chi connectivity index (χ1v) is 7.09. The molecule has 2 N–H and O–H groups in total. The lowest BCUT2D eigenvalue weighted by Gasteiger charge is -2.13. The number of rotatable bonds is 6. The Bertz CT molecular complexity index is 492. The summed E-state index contributed by atoms with van der Waals surface area (Å²) in [4.78, 5) is 20.7. The van der Waals surface area contributed by atoms with E-state index in [2.05, 4.69) is 20.8 Å². The molecule has 1 aromatic rings. The van der Waals surface area contributed by atoms with Gasteiger partial charge in [-0.05, 0) is 17.7 Å². The zero-order valence-corrected chi connectivity index (χ0v) is 11.9. The number of nitrogens with one attached hydrogen (secondary N) is 2. The topological polar surface area (TPSA) is 75.6 Å². The van der Waals surface area contributed by atoms with Gasteiger partial charge in [-0.15, -0.1) is 0 Å². The summed E-state index contributed by atoms with van der Waals surface area (Å²) in [5.74, 6) is -0.156. The maximum atomic E-state index is 11.6. The molecular weight excluding hydrogens is 268 g/mol. The highest BCUT2D eigenvalue weighted by Gasteiger charge is 2.05. The van der Waals surface area contributed by atoms with Gasteiger partial charge in [0.2, 0.25) is 5.91 Å². The van der Waals surface area contributed by atoms with Crippen LogP contribution in [0.2, 0.25) is 0 Å². The summed E-state index contributed by atoms with van der Waals surface area (Å²) in [7, 11) is 0. The van der Waals surface area contributed by atoms with Crippen molar-refractivity contribution in [1.29, 1.82) is 0 Å². The number of piperidine rings is 1. The van der Waals surface area contributed by atoms with Crippen molar-refractivity contribution < 1.29 is 9.63 Å². The van der Waals surface area contributed by atoms with E-state index in [4.69, 9.17) is 4.84 Å². The second-order valence-corrected chi connectivity index (χ2v) is 4.65. The minimum atomic E-state index is -0.156. The molecule has 0 radical (unpaired) electrons. The van der Waals surface area contributed by atoms with Gasteiger partial charge >= 0.3 is 0 Å².